The van der Waals surface area contributed by atoms with Crippen LogP contribution in [0.3, 0.4) is 0 Å². The Labute approximate surface area is 130 Å². The SMILES string of the molecule is COc1cccc(SCC(=O)NCCN2CCOCC2)c1. The molecule has 21 heavy (non-hydrogen) atoms. The number of ether oxygens (including phenoxy) is 2. The maximum Gasteiger partial charge on any atom is 0.230 e. The minimum absolute atomic E-state index is 0.0658. The van der Waals surface area contributed by atoms with Gasteiger partial charge in [-0.25, -0.2) is 0 Å². The summed E-state index contributed by atoms with van der Waals surface area (Å²) in [6, 6.07) is 7.74. The standard InChI is InChI=1S/C15H22N2O3S/c1-19-13-3-2-4-14(11-13)21-12-15(18)16-5-6-17-7-9-20-10-8-17/h2-4,11H,5-10,12H2,1H3,(H,16,18). The van der Waals surface area contributed by atoms with Crippen LogP contribution in [0.1, 0.15) is 0 Å². The summed E-state index contributed by atoms with van der Waals surface area (Å²) >= 11 is 1.52. The van der Waals surface area contributed by atoms with E-state index < -0.39 is 0 Å². The van der Waals surface area contributed by atoms with E-state index in [1.54, 1.807) is 7.11 Å². The van der Waals surface area contributed by atoms with Crippen LogP contribution in [-0.2, 0) is 9.53 Å². The van der Waals surface area contributed by atoms with Crippen LogP contribution in [0.5, 0.6) is 5.75 Å². The molecule has 0 atom stereocenters. The number of amides is 1. The van der Waals surface area contributed by atoms with Gasteiger partial charge in [-0.15, -0.1) is 11.8 Å². The molecule has 1 aliphatic heterocycles. The fourth-order valence-corrected chi connectivity index (χ4v) is 2.84. The molecule has 1 saturated heterocycles. The van der Waals surface area contributed by atoms with Crippen LogP contribution < -0.4 is 10.1 Å². The second-order valence-electron chi connectivity index (χ2n) is 4.77. The van der Waals surface area contributed by atoms with Gasteiger partial charge in [0.15, 0.2) is 0 Å². The van der Waals surface area contributed by atoms with Crippen molar-refractivity contribution in [3.8, 4) is 5.75 Å². The number of nitrogens with one attached hydrogen (secondary N) is 1. The van der Waals surface area contributed by atoms with Crippen LogP contribution >= 0.6 is 11.8 Å². The van der Waals surface area contributed by atoms with Crippen molar-refractivity contribution < 1.29 is 14.3 Å². The number of nitrogens with zero attached hydrogens (tertiary/aromatic N) is 1. The summed E-state index contributed by atoms with van der Waals surface area (Å²) in [4.78, 5) is 15.2. The number of carbonyl (C=O) groups is 1. The van der Waals surface area contributed by atoms with Crippen LogP contribution in [0.25, 0.3) is 0 Å². The molecule has 5 nitrogen and oxygen atoms in total. The van der Waals surface area contributed by atoms with E-state index in [0.29, 0.717) is 12.3 Å². The molecule has 1 aromatic carbocycles. The molecule has 0 unspecified atom stereocenters. The molecule has 1 amide bonds. The summed E-state index contributed by atoms with van der Waals surface area (Å²) in [5.41, 5.74) is 0. The zero-order chi connectivity index (χ0) is 14.9. The zero-order valence-corrected chi connectivity index (χ0v) is 13.2. The van der Waals surface area contributed by atoms with Crippen LogP contribution in [0, 0.1) is 0 Å². The van der Waals surface area contributed by atoms with E-state index in [2.05, 4.69) is 10.2 Å². The molecule has 1 heterocycles. The van der Waals surface area contributed by atoms with Gasteiger partial charge in [-0.2, -0.15) is 0 Å². The van der Waals surface area contributed by atoms with Crippen molar-refractivity contribution in [1.29, 1.82) is 0 Å². The lowest BCUT2D eigenvalue weighted by molar-refractivity contribution is -0.118. The highest BCUT2D eigenvalue weighted by Gasteiger charge is 2.10. The maximum absolute atomic E-state index is 11.8. The molecule has 116 valence electrons. The summed E-state index contributed by atoms with van der Waals surface area (Å²) in [6.45, 7) is 5.07. The molecule has 0 saturated carbocycles. The molecule has 2 rings (SSSR count). The van der Waals surface area contributed by atoms with E-state index in [4.69, 9.17) is 9.47 Å². The zero-order valence-electron chi connectivity index (χ0n) is 12.3. The second-order valence-corrected chi connectivity index (χ2v) is 5.82. The Bertz CT molecular complexity index is 450. The lowest BCUT2D eigenvalue weighted by Gasteiger charge is -2.26. The van der Waals surface area contributed by atoms with Gasteiger partial charge in [0.25, 0.3) is 0 Å². The molecule has 0 bridgehead atoms. The third kappa shape index (κ3) is 5.95. The van der Waals surface area contributed by atoms with Gasteiger partial charge in [0.1, 0.15) is 5.75 Å². The smallest absolute Gasteiger partial charge is 0.230 e. The minimum atomic E-state index is 0.0658. The van der Waals surface area contributed by atoms with E-state index in [0.717, 1.165) is 43.5 Å². The fraction of sp³-hybridized carbons (Fsp3) is 0.533. The third-order valence-electron chi connectivity index (χ3n) is 3.27. The predicted octanol–water partition coefficient (Wildman–Crippen LogP) is 1.24. The maximum atomic E-state index is 11.8. The van der Waals surface area contributed by atoms with Crippen molar-refractivity contribution in [2.45, 2.75) is 4.90 Å². The van der Waals surface area contributed by atoms with Crippen LogP contribution in [0.4, 0.5) is 0 Å². The van der Waals surface area contributed by atoms with Gasteiger partial charge in [-0.3, -0.25) is 9.69 Å². The number of carbonyl (C=O) groups excluding carboxylic acids is 1. The lowest BCUT2D eigenvalue weighted by Crippen LogP contribution is -2.41. The average Bonchev–Trinajstić information content (AvgIpc) is 2.54. The third-order valence-corrected chi connectivity index (χ3v) is 4.26. The molecule has 1 fully saturated rings. The quantitative estimate of drug-likeness (QED) is 0.768. The first-order chi connectivity index (χ1) is 10.3. The van der Waals surface area contributed by atoms with Gasteiger partial charge >= 0.3 is 0 Å². The highest BCUT2D eigenvalue weighted by Crippen LogP contribution is 2.22. The number of rotatable bonds is 7. The number of hydrogen-bond acceptors (Lipinski definition) is 5. The summed E-state index contributed by atoms with van der Waals surface area (Å²) in [7, 11) is 1.64. The van der Waals surface area contributed by atoms with Crippen molar-refractivity contribution in [3.63, 3.8) is 0 Å². The Balaban J connectivity index is 1.62. The van der Waals surface area contributed by atoms with Gasteiger partial charge in [0, 0.05) is 31.1 Å². The largest absolute Gasteiger partial charge is 0.497 e. The van der Waals surface area contributed by atoms with Crippen LogP contribution in [0.2, 0.25) is 0 Å². The molecule has 0 radical (unpaired) electrons. The number of hydrogen-bond donors (Lipinski definition) is 1. The van der Waals surface area contributed by atoms with Crippen molar-refractivity contribution in [2.75, 3.05) is 52.3 Å². The Morgan fingerprint density at radius 3 is 3.00 bits per heavy atom. The summed E-state index contributed by atoms with van der Waals surface area (Å²) in [5.74, 6) is 1.31. The average molecular weight is 310 g/mol. The van der Waals surface area contributed by atoms with Gasteiger partial charge < -0.3 is 14.8 Å². The number of benzene rings is 1. The Kier molecular flexibility index (Phi) is 6.85. The van der Waals surface area contributed by atoms with E-state index in [1.807, 2.05) is 24.3 Å². The summed E-state index contributed by atoms with van der Waals surface area (Å²) in [6.07, 6.45) is 0. The Morgan fingerprint density at radius 2 is 2.24 bits per heavy atom. The number of thioether (sulfide) groups is 1. The van der Waals surface area contributed by atoms with E-state index >= 15 is 0 Å². The Hall–Kier alpha value is -1.24. The second kappa shape index (κ2) is 8.92. The van der Waals surface area contributed by atoms with Crippen molar-refractivity contribution in [2.24, 2.45) is 0 Å². The van der Waals surface area contributed by atoms with Crippen molar-refractivity contribution in [3.05, 3.63) is 24.3 Å². The van der Waals surface area contributed by atoms with Gasteiger partial charge in [-0.1, -0.05) is 6.07 Å². The molecule has 0 spiro atoms. The van der Waals surface area contributed by atoms with Crippen LogP contribution in [-0.4, -0.2) is 63.1 Å². The molecule has 6 heteroatoms. The monoisotopic (exact) mass is 310 g/mol. The fourth-order valence-electron chi connectivity index (χ4n) is 2.07. The van der Waals surface area contributed by atoms with Gasteiger partial charge in [0.2, 0.25) is 5.91 Å². The summed E-state index contributed by atoms with van der Waals surface area (Å²) < 4.78 is 10.5. The lowest BCUT2D eigenvalue weighted by atomic mass is 10.3. The molecule has 0 aromatic heterocycles. The first-order valence-electron chi connectivity index (χ1n) is 7.11. The molecular formula is C15H22N2O3S. The van der Waals surface area contributed by atoms with E-state index in [9.17, 15) is 4.79 Å². The number of methoxy groups -OCH3 is 1. The minimum Gasteiger partial charge on any atom is -0.497 e. The highest BCUT2D eigenvalue weighted by atomic mass is 32.2. The van der Waals surface area contributed by atoms with Crippen molar-refractivity contribution >= 4 is 17.7 Å². The first-order valence-corrected chi connectivity index (χ1v) is 8.10. The van der Waals surface area contributed by atoms with Crippen LogP contribution in [0.15, 0.2) is 29.2 Å². The van der Waals surface area contributed by atoms with E-state index in [-0.39, 0.29) is 5.91 Å². The molecule has 0 aliphatic carbocycles. The highest BCUT2D eigenvalue weighted by molar-refractivity contribution is 8.00. The first kappa shape index (κ1) is 16.1. The topological polar surface area (TPSA) is 50.8 Å². The van der Waals surface area contributed by atoms with Crippen molar-refractivity contribution in [1.82, 2.24) is 10.2 Å². The molecular weight excluding hydrogens is 288 g/mol. The number of morpholine rings is 1. The van der Waals surface area contributed by atoms with E-state index in [1.165, 1.54) is 11.8 Å². The Morgan fingerprint density at radius 1 is 1.43 bits per heavy atom. The molecule has 1 N–H and O–H groups in total. The van der Waals surface area contributed by atoms with Gasteiger partial charge in [-0.05, 0) is 18.2 Å². The summed E-state index contributed by atoms with van der Waals surface area (Å²) in [5, 5.41) is 2.96. The molecule has 1 aromatic rings. The molecule has 1 aliphatic rings. The normalized spacial score (nSPS) is 15.7. The van der Waals surface area contributed by atoms with Gasteiger partial charge in [0.05, 0.1) is 26.1 Å². The predicted molar refractivity (Wildman–Crippen MR) is 84.0 cm³/mol.